The first-order valence-electron chi connectivity index (χ1n) is 13.6. The van der Waals surface area contributed by atoms with Gasteiger partial charge in [0.15, 0.2) is 0 Å². The first-order valence-corrected chi connectivity index (χ1v) is 14.5. The van der Waals surface area contributed by atoms with Crippen LogP contribution >= 0.6 is 11.8 Å². The SMILES string of the molecule is C=CCCCOC(=O)[C@@H]1[C@H]2C(=O)N(CCCO)C(C(=O)N(CC=C)C3CCCCC3)C23CC[C@@]1(C)S3. The number of fused-ring (bicyclic) bond motifs is 1. The van der Waals surface area contributed by atoms with Crippen LogP contribution in [0.2, 0.25) is 0 Å². The van der Waals surface area contributed by atoms with Crippen LogP contribution in [0.15, 0.2) is 25.3 Å². The van der Waals surface area contributed by atoms with Crippen molar-refractivity contribution >= 4 is 29.5 Å². The molecule has 5 atom stereocenters. The Bertz CT molecular complexity index is 874. The van der Waals surface area contributed by atoms with Crippen LogP contribution in [0.3, 0.4) is 0 Å². The van der Waals surface area contributed by atoms with Crippen LogP contribution in [0.1, 0.15) is 71.1 Å². The number of carbonyl (C=O) groups is 3. The Morgan fingerprint density at radius 2 is 1.94 bits per heavy atom. The monoisotopic (exact) mass is 518 g/mol. The van der Waals surface area contributed by atoms with Gasteiger partial charge in [-0.1, -0.05) is 31.4 Å². The number of carbonyl (C=O) groups excluding carboxylic acids is 3. The van der Waals surface area contributed by atoms with E-state index >= 15 is 0 Å². The number of aliphatic hydroxyl groups excluding tert-OH is 1. The number of likely N-dealkylation sites (tertiary alicyclic amines) is 1. The molecule has 7 nitrogen and oxygen atoms in total. The van der Waals surface area contributed by atoms with E-state index in [1.54, 1.807) is 28.8 Å². The highest BCUT2D eigenvalue weighted by Gasteiger charge is 2.77. The van der Waals surface area contributed by atoms with Crippen molar-refractivity contribution in [3.63, 3.8) is 0 Å². The number of hydrogen-bond donors (Lipinski definition) is 1. The zero-order valence-corrected chi connectivity index (χ0v) is 22.5. The highest BCUT2D eigenvalue weighted by atomic mass is 32.2. The molecule has 4 aliphatic rings. The second kappa shape index (κ2) is 11.3. The maximum atomic E-state index is 14.4. The molecule has 200 valence electrons. The molecule has 0 aromatic carbocycles. The van der Waals surface area contributed by atoms with Gasteiger partial charge in [-0.15, -0.1) is 24.9 Å². The smallest absolute Gasteiger partial charge is 0.311 e. The third-order valence-corrected chi connectivity index (χ3v) is 10.7. The minimum Gasteiger partial charge on any atom is -0.465 e. The molecule has 3 heterocycles. The van der Waals surface area contributed by atoms with E-state index < -0.39 is 27.4 Å². The van der Waals surface area contributed by atoms with Crippen LogP contribution in [0.5, 0.6) is 0 Å². The summed E-state index contributed by atoms with van der Waals surface area (Å²) in [6.45, 7) is 10.7. The van der Waals surface area contributed by atoms with Gasteiger partial charge < -0.3 is 19.6 Å². The summed E-state index contributed by atoms with van der Waals surface area (Å²) < 4.78 is 4.61. The van der Waals surface area contributed by atoms with Gasteiger partial charge in [-0.25, -0.2) is 0 Å². The summed E-state index contributed by atoms with van der Waals surface area (Å²) in [6.07, 6.45) is 12.3. The number of esters is 1. The summed E-state index contributed by atoms with van der Waals surface area (Å²) in [5.74, 6) is -1.61. The van der Waals surface area contributed by atoms with Gasteiger partial charge in [0.05, 0.1) is 23.2 Å². The molecule has 8 heteroatoms. The quantitative estimate of drug-likeness (QED) is 0.241. The molecule has 1 aliphatic carbocycles. The first kappa shape index (κ1) is 27.2. The summed E-state index contributed by atoms with van der Waals surface area (Å²) in [5, 5.41) is 9.56. The van der Waals surface area contributed by atoms with E-state index in [-0.39, 0.29) is 30.4 Å². The number of hydrogen-bond acceptors (Lipinski definition) is 6. The number of ether oxygens (including phenoxy) is 1. The topological polar surface area (TPSA) is 87.1 Å². The van der Waals surface area contributed by atoms with Crippen molar-refractivity contribution < 1.29 is 24.2 Å². The average Bonchev–Trinajstić information content (AvgIpc) is 3.44. The second-order valence-electron chi connectivity index (χ2n) is 11.0. The van der Waals surface area contributed by atoms with Crippen LogP contribution in [-0.2, 0) is 19.1 Å². The molecular weight excluding hydrogens is 476 g/mol. The van der Waals surface area contributed by atoms with Gasteiger partial charge in [0, 0.05) is 30.5 Å². The maximum Gasteiger partial charge on any atom is 0.311 e. The van der Waals surface area contributed by atoms with Crippen LogP contribution in [0.25, 0.3) is 0 Å². The third-order valence-electron chi connectivity index (χ3n) is 8.74. The highest BCUT2D eigenvalue weighted by Crippen LogP contribution is 2.71. The van der Waals surface area contributed by atoms with Crippen molar-refractivity contribution in [2.24, 2.45) is 11.8 Å². The molecule has 2 bridgehead atoms. The van der Waals surface area contributed by atoms with E-state index in [0.29, 0.717) is 32.5 Å². The van der Waals surface area contributed by atoms with Crippen molar-refractivity contribution in [1.29, 1.82) is 0 Å². The molecule has 0 aromatic heterocycles. The molecule has 2 unspecified atom stereocenters. The summed E-state index contributed by atoms with van der Waals surface area (Å²) >= 11 is 1.68. The van der Waals surface area contributed by atoms with Crippen molar-refractivity contribution in [2.45, 2.75) is 92.7 Å². The van der Waals surface area contributed by atoms with E-state index in [1.165, 1.54) is 6.42 Å². The third kappa shape index (κ3) is 4.64. The lowest BCUT2D eigenvalue weighted by molar-refractivity contribution is -0.155. The van der Waals surface area contributed by atoms with E-state index in [0.717, 1.165) is 44.9 Å². The maximum absolute atomic E-state index is 14.4. The fourth-order valence-corrected chi connectivity index (χ4v) is 9.48. The van der Waals surface area contributed by atoms with Gasteiger partial charge in [0.1, 0.15) is 6.04 Å². The summed E-state index contributed by atoms with van der Waals surface area (Å²) in [4.78, 5) is 45.4. The largest absolute Gasteiger partial charge is 0.465 e. The van der Waals surface area contributed by atoms with E-state index in [1.807, 2.05) is 4.90 Å². The molecule has 0 aromatic rings. The lowest BCUT2D eigenvalue weighted by atomic mass is 9.66. The van der Waals surface area contributed by atoms with E-state index in [9.17, 15) is 19.5 Å². The molecule has 36 heavy (non-hydrogen) atoms. The fraction of sp³-hybridized carbons (Fsp3) is 0.750. The van der Waals surface area contributed by atoms with Crippen molar-refractivity contribution in [1.82, 2.24) is 9.80 Å². The van der Waals surface area contributed by atoms with Gasteiger partial charge in [0.2, 0.25) is 11.8 Å². The predicted octanol–water partition coefficient (Wildman–Crippen LogP) is 3.71. The molecule has 4 fully saturated rings. The van der Waals surface area contributed by atoms with Crippen molar-refractivity contribution in [2.75, 3.05) is 26.3 Å². The number of nitrogens with zero attached hydrogens (tertiary/aromatic N) is 2. The number of thioether (sulfide) groups is 1. The Balaban J connectivity index is 1.67. The molecule has 3 aliphatic heterocycles. The van der Waals surface area contributed by atoms with Gasteiger partial charge in [-0.3, -0.25) is 14.4 Å². The van der Waals surface area contributed by atoms with E-state index in [4.69, 9.17) is 4.74 Å². The number of amides is 2. The Morgan fingerprint density at radius 1 is 1.19 bits per heavy atom. The van der Waals surface area contributed by atoms with Crippen LogP contribution in [-0.4, -0.2) is 80.6 Å². The molecule has 1 saturated carbocycles. The average molecular weight is 519 g/mol. The molecule has 1 spiro atoms. The highest BCUT2D eigenvalue weighted by molar-refractivity contribution is 8.02. The Kier molecular flexibility index (Phi) is 8.55. The lowest BCUT2D eigenvalue weighted by Crippen LogP contribution is -2.57. The van der Waals surface area contributed by atoms with E-state index in [2.05, 4.69) is 20.1 Å². The number of allylic oxidation sites excluding steroid dienone is 1. The van der Waals surface area contributed by atoms with Crippen LogP contribution in [0.4, 0.5) is 0 Å². The zero-order chi connectivity index (χ0) is 25.9. The number of unbranched alkanes of at least 4 members (excludes halogenated alkanes) is 1. The molecule has 4 rings (SSSR count). The lowest BCUT2D eigenvalue weighted by Gasteiger charge is -2.41. The summed E-state index contributed by atoms with van der Waals surface area (Å²) in [6, 6.07) is -0.479. The van der Waals surface area contributed by atoms with Crippen LogP contribution in [0, 0.1) is 11.8 Å². The molecule has 1 N–H and O–H groups in total. The Labute approximate surface area is 219 Å². The van der Waals surface area contributed by atoms with Gasteiger partial charge in [-0.2, -0.15) is 0 Å². The molecule has 3 saturated heterocycles. The molecular formula is C28H42N2O5S. The van der Waals surface area contributed by atoms with Gasteiger partial charge in [0.25, 0.3) is 0 Å². The second-order valence-corrected chi connectivity index (χ2v) is 12.9. The minimum absolute atomic E-state index is 0.0210. The molecule has 2 amide bonds. The van der Waals surface area contributed by atoms with Gasteiger partial charge in [-0.05, 0) is 51.9 Å². The van der Waals surface area contributed by atoms with Crippen LogP contribution < -0.4 is 0 Å². The Morgan fingerprint density at radius 3 is 2.61 bits per heavy atom. The van der Waals surface area contributed by atoms with Crippen molar-refractivity contribution in [3.05, 3.63) is 25.3 Å². The van der Waals surface area contributed by atoms with Gasteiger partial charge >= 0.3 is 5.97 Å². The number of aliphatic hydroxyl groups is 1. The first-order chi connectivity index (χ1) is 17.3. The fourth-order valence-electron chi connectivity index (χ4n) is 7.14. The Hall–Kier alpha value is -1.80. The summed E-state index contributed by atoms with van der Waals surface area (Å²) in [7, 11) is 0. The normalized spacial score (nSPS) is 33.4. The van der Waals surface area contributed by atoms with Crippen molar-refractivity contribution in [3.8, 4) is 0 Å². The zero-order valence-electron chi connectivity index (χ0n) is 21.7. The molecule has 0 radical (unpaired) electrons. The number of rotatable bonds is 12. The minimum atomic E-state index is -0.642. The standard InChI is InChI=1S/C28H42N2O5S/c1-4-6-10-19-35-26(34)22-21-24(32)30(17-11-18-31)23(28(21)15-14-27(22,3)36-28)25(33)29(16-5-2)20-12-8-7-9-13-20/h4-5,20-23,31H,1-2,6-19H2,3H3/t21-,22-,23?,27+,28?/m0/s1. The summed E-state index contributed by atoms with van der Waals surface area (Å²) in [5.41, 5.74) is 0. The predicted molar refractivity (Wildman–Crippen MR) is 141 cm³/mol.